The maximum absolute atomic E-state index is 12.7. The second kappa shape index (κ2) is 9.52. The molecule has 0 aromatic heterocycles. The van der Waals surface area contributed by atoms with Gasteiger partial charge in [0.15, 0.2) is 0 Å². The van der Waals surface area contributed by atoms with Crippen LogP contribution >= 0.6 is 0 Å². The molecule has 2 aromatic rings. The minimum Gasteiger partial charge on any atom is -0.497 e. The van der Waals surface area contributed by atoms with Crippen LogP contribution in [0.1, 0.15) is 25.0 Å². The van der Waals surface area contributed by atoms with Gasteiger partial charge in [-0.25, -0.2) is 8.42 Å². The van der Waals surface area contributed by atoms with Gasteiger partial charge in [-0.3, -0.25) is 4.79 Å². The number of nitrogens with one attached hydrogen (secondary N) is 1. The predicted octanol–water partition coefficient (Wildman–Crippen LogP) is 3.69. The van der Waals surface area contributed by atoms with E-state index in [2.05, 4.69) is 5.32 Å². The monoisotopic (exact) mass is 402 g/mol. The maximum atomic E-state index is 12.7. The Labute approximate surface area is 166 Å². The molecule has 0 spiro atoms. The topological polar surface area (TPSA) is 75.7 Å². The fourth-order valence-electron chi connectivity index (χ4n) is 2.70. The van der Waals surface area contributed by atoms with Crippen LogP contribution in [0.15, 0.2) is 53.4 Å². The van der Waals surface area contributed by atoms with Gasteiger partial charge in [-0.15, -0.1) is 0 Å². The van der Waals surface area contributed by atoms with E-state index in [4.69, 9.17) is 4.74 Å². The summed E-state index contributed by atoms with van der Waals surface area (Å²) in [4.78, 5) is 12.5. The van der Waals surface area contributed by atoms with Crippen LogP contribution < -0.4 is 10.1 Å². The Bertz CT molecular complexity index is 964. The first-order valence-electron chi connectivity index (χ1n) is 9.05. The van der Waals surface area contributed by atoms with Gasteiger partial charge in [0, 0.05) is 24.9 Å². The molecule has 1 N–H and O–H groups in total. The molecule has 6 nitrogen and oxygen atoms in total. The predicted molar refractivity (Wildman–Crippen MR) is 112 cm³/mol. The summed E-state index contributed by atoms with van der Waals surface area (Å²) in [5.41, 5.74) is 2.07. The zero-order valence-electron chi connectivity index (χ0n) is 16.6. The number of carbonyl (C=O) groups is 1. The van der Waals surface area contributed by atoms with Crippen molar-refractivity contribution in [3.05, 3.63) is 59.7 Å². The molecule has 0 unspecified atom stereocenters. The van der Waals surface area contributed by atoms with Crippen molar-refractivity contribution in [1.29, 1.82) is 0 Å². The van der Waals surface area contributed by atoms with Gasteiger partial charge in [-0.2, -0.15) is 4.31 Å². The molecule has 0 radical (unpaired) electrons. The molecule has 0 aliphatic rings. The van der Waals surface area contributed by atoms with E-state index in [1.165, 1.54) is 16.4 Å². The highest BCUT2D eigenvalue weighted by molar-refractivity contribution is 7.89. The van der Waals surface area contributed by atoms with Gasteiger partial charge < -0.3 is 10.1 Å². The average Bonchev–Trinajstić information content (AvgIpc) is 2.69. The van der Waals surface area contributed by atoms with Gasteiger partial charge in [-0.1, -0.05) is 32.0 Å². The Balaban J connectivity index is 2.21. The van der Waals surface area contributed by atoms with Gasteiger partial charge in [0.25, 0.3) is 0 Å². The Hall–Kier alpha value is -2.64. The van der Waals surface area contributed by atoms with E-state index < -0.39 is 10.0 Å². The van der Waals surface area contributed by atoms with Crippen molar-refractivity contribution in [2.75, 3.05) is 25.5 Å². The first-order valence-corrected chi connectivity index (χ1v) is 10.5. The highest BCUT2D eigenvalue weighted by Gasteiger charge is 2.22. The second-order valence-corrected chi connectivity index (χ2v) is 8.10. The third kappa shape index (κ3) is 5.21. The molecule has 2 aromatic carbocycles. The van der Waals surface area contributed by atoms with Crippen molar-refractivity contribution < 1.29 is 17.9 Å². The molecule has 0 aliphatic heterocycles. The number of sulfonamides is 1. The number of aryl methyl sites for hydroxylation is 1. The first-order chi connectivity index (χ1) is 13.3. The summed E-state index contributed by atoms with van der Waals surface area (Å²) in [7, 11) is -2.01. The molecule has 0 saturated carbocycles. The first kappa shape index (κ1) is 21.7. The summed E-state index contributed by atoms with van der Waals surface area (Å²) >= 11 is 0. The van der Waals surface area contributed by atoms with Crippen LogP contribution in [0.3, 0.4) is 0 Å². The third-order valence-electron chi connectivity index (χ3n) is 4.33. The number of nitrogens with zero attached hydrogens (tertiary/aromatic N) is 1. The average molecular weight is 403 g/mol. The van der Waals surface area contributed by atoms with Crippen molar-refractivity contribution in [3.63, 3.8) is 0 Å². The number of hydrogen-bond acceptors (Lipinski definition) is 4. The molecular weight excluding hydrogens is 376 g/mol. The van der Waals surface area contributed by atoms with Gasteiger partial charge in [0.2, 0.25) is 15.9 Å². The zero-order valence-corrected chi connectivity index (χ0v) is 17.4. The Kier molecular flexibility index (Phi) is 7.37. The molecule has 0 heterocycles. The Morgan fingerprint density at radius 2 is 1.86 bits per heavy atom. The third-order valence-corrected chi connectivity index (χ3v) is 6.38. The van der Waals surface area contributed by atoms with E-state index in [-0.39, 0.29) is 10.8 Å². The number of carbonyl (C=O) groups excluding carboxylic acids is 1. The smallest absolute Gasteiger partial charge is 0.248 e. The number of amides is 1. The van der Waals surface area contributed by atoms with Crippen LogP contribution in [0.4, 0.5) is 5.69 Å². The number of methoxy groups -OCH3 is 1. The van der Waals surface area contributed by atoms with Gasteiger partial charge in [0.1, 0.15) is 5.75 Å². The quantitative estimate of drug-likeness (QED) is 0.684. The molecule has 0 bridgehead atoms. The SMILES string of the molecule is CCN(CC)S(=O)(=O)c1ccc(C)c(NC(=O)/C=C/c2cccc(OC)c2)c1. The number of hydrogen-bond donors (Lipinski definition) is 1. The van der Waals surface area contributed by atoms with Crippen molar-refractivity contribution in [1.82, 2.24) is 4.31 Å². The van der Waals surface area contributed by atoms with Gasteiger partial charge in [0.05, 0.1) is 12.0 Å². The van der Waals surface area contributed by atoms with Crippen molar-refractivity contribution in [2.45, 2.75) is 25.7 Å². The van der Waals surface area contributed by atoms with Crippen LogP contribution in [-0.2, 0) is 14.8 Å². The summed E-state index contributed by atoms with van der Waals surface area (Å²) in [5.74, 6) is 0.357. The fourth-order valence-corrected chi connectivity index (χ4v) is 4.19. The van der Waals surface area contributed by atoms with Gasteiger partial charge >= 0.3 is 0 Å². The van der Waals surface area contributed by atoms with E-state index in [1.54, 1.807) is 39.2 Å². The Morgan fingerprint density at radius 1 is 1.14 bits per heavy atom. The van der Waals surface area contributed by atoms with E-state index in [9.17, 15) is 13.2 Å². The highest BCUT2D eigenvalue weighted by atomic mass is 32.2. The van der Waals surface area contributed by atoms with Crippen molar-refractivity contribution >= 4 is 27.7 Å². The van der Waals surface area contributed by atoms with E-state index in [0.29, 0.717) is 24.5 Å². The molecule has 28 heavy (non-hydrogen) atoms. The van der Waals surface area contributed by atoms with Crippen LogP contribution in [0, 0.1) is 6.92 Å². The summed E-state index contributed by atoms with van der Waals surface area (Å²) < 4.78 is 31.9. The van der Waals surface area contributed by atoms with E-state index in [0.717, 1.165) is 11.1 Å². The molecule has 0 aliphatic carbocycles. The number of rotatable bonds is 8. The van der Waals surface area contributed by atoms with Crippen LogP contribution in [-0.4, -0.2) is 38.8 Å². The molecule has 2 rings (SSSR count). The summed E-state index contributed by atoms with van der Waals surface area (Å²) in [6.07, 6.45) is 3.07. The lowest BCUT2D eigenvalue weighted by Crippen LogP contribution is -2.30. The minimum absolute atomic E-state index is 0.161. The molecule has 7 heteroatoms. The normalized spacial score (nSPS) is 11.8. The van der Waals surface area contributed by atoms with Crippen LogP contribution in [0.25, 0.3) is 6.08 Å². The summed E-state index contributed by atoms with van der Waals surface area (Å²) in [5, 5.41) is 2.76. The lowest BCUT2D eigenvalue weighted by atomic mass is 10.2. The lowest BCUT2D eigenvalue weighted by molar-refractivity contribution is -0.111. The molecule has 0 fully saturated rings. The fraction of sp³-hybridized carbons (Fsp3) is 0.286. The molecule has 150 valence electrons. The lowest BCUT2D eigenvalue weighted by Gasteiger charge is -2.19. The molecule has 0 saturated heterocycles. The van der Waals surface area contributed by atoms with E-state index >= 15 is 0 Å². The minimum atomic E-state index is -3.59. The standard InChI is InChI=1S/C21H26N2O4S/c1-5-23(6-2)28(25,26)19-12-10-16(3)20(15-19)22-21(24)13-11-17-8-7-9-18(14-17)27-4/h7-15H,5-6H2,1-4H3,(H,22,24)/b13-11+. The zero-order chi connectivity index (χ0) is 20.7. The van der Waals surface area contributed by atoms with Crippen molar-refractivity contribution in [3.8, 4) is 5.75 Å². The maximum Gasteiger partial charge on any atom is 0.248 e. The largest absolute Gasteiger partial charge is 0.497 e. The van der Waals surface area contributed by atoms with E-state index in [1.807, 2.05) is 31.2 Å². The van der Waals surface area contributed by atoms with Gasteiger partial charge in [-0.05, 0) is 48.4 Å². The Morgan fingerprint density at radius 3 is 2.50 bits per heavy atom. The number of ether oxygens (including phenoxy) is 1. The number of benzene rings is 2. The summed E-state index contributed by atoms with van der Waals surface area (Å²) in [6, 6.07) is 12.1. The second-order valence-electron chi connectivity index (χ2n) is 6.17. The number of anilines is 1. The summed E-state index contributed by atoms with van der Waals surface area (Å²) in [6.45, 7) is 6.17. The molecule has 1 amide bonds. The van der Waals surface area contributed by atoms with Crippen LogP contribution in [0.5, 0.6) is 5.75 Å². The van der Waals surface area contributed by atoms with Crippen LogP contribution in [0.2, 0.25) is 0 Å². The molecule has 0 atom stereocenters. The highest BCUT2D eigenvalue weighted by Crippen LogP contribution is 2.23. The van der Waals surface area contributed by atoms with Crippen molar-refractivity contribution in [2.24, 2.45) is 0 Å². The molecular formula is C21H26N2O4S.